The van der Waals surface area contributed by atoms with Crippen molar-refractivity contribution in [1.29, 1.82) is 0 Å². The largest absolute Gasteiger partial charge is 0.497 e. The molecular weight excluding hydrogens is 311 g/mol. The van der Waals surface area contributed by atoms with Gasteiger partial charge in [0.05, 0.1) is 14.2 Å². The first-order valence-corrected chi connectivity index (χ1v) is 8.77. The third kappa shape index (κ3) is 4.46. The molecule has 0 aromatic heterocycles. The van der Waals surface area contributed by atoms with Gasteiger partial charge in [0.25, 0.3) is 0 Å². The Hall–Kier alpha value is -2.20. The Balaban J connectivity index is 2.60. The first kappa shape index (κ1) is 19.1. The van der Waals surface area contributed by atoms with Crippen molar-refractivity contribution < 1.29 is 14.5 Å². The summed E-state index contributed by atoms with van der Waals surface area (Å²) >= 11 is 0. The minimum atomic E-state index is -0.530. The van der Waals surface area contributed by atoms with Crippen molar-refractivity contribution in [3.63, 3.8) is 0 Å². The molecule has 132 valence electrons. The Morgan fingerprint density at radius 1 is 0.840 bits per heavy atom. The van der Waals surface area contributed by atoms with Gasteiger partial charge in [-0.25, -0.2) is 0 Å². The number of hydrogen-bond donors (Lipinski definition) is 1. The van der Waals surface area contributed by atoms with Crippen molar-refractivity contribution in [3.8, 4) is 11.5 Å². The quantitative estimate of drug-likeness (QED) is 0.606. The highest BCUT2D eigenvalue weighted by molar-refractivity contribution is 6.64. The lowest BCUT2D eigenvalue weighted by molar-refractivity contribution is 0.414. The van der Waals surface area contributed by atoms with Gasteiger partial charge in [0, 0.05) is 0 Å². The van der Waals surface area contributed by atoms with Crippen LogP contribution >= 0.6 is 0 Å². The summed E-state index contributed by atoms with van der Waals surface area (Å²) in [5.41, 5.74) is 5.74. The molecule has 0 radical (unpaired) electrons. The van der Waals surface area contributed by atoms with Crippen molar-refractivity contribution in [2.24, 2.45) is 0 Å². The fourth-order valence-electron chi connectivity index (χ4n) is 3.13. The highest BCUT2D eigenvalue weighted by atomic mass is 16.5. The molecule has 0 amide bonds. The standard InChI is InChI=1S/C21H27BO3/c1-6-20(15-8-10-18(24-4)11-9-15)21(7-2)16-12-17(22(3)23)14-19(13-16)25-5/h8-14,23H,6-7H2,1-5H3/b21-20+. The maximum atomic E-state index is 10.0. The van der Waals surface area contributed by atoms with Crippen LogP contribution in [0.4, 0.5) is 0 Å². The van der Waals surface area contributed by atoms with Crippen LogP contribution < -0.4 is 14.9 Å². The lowest BCUT2D eigenvalue weighted by Crippen LogP contribution is -2.26. The minimum absolute atomic E-state index is 0.530. The number of hydrogen-bond acceptors (Lipinski definition) is 3. The van der Waals surface area contributed by atoms with E-state index in [0.717, 1.165) is 35.4 Å². The van der Waals surface area contributed by atoms with Crippen LogP contribution in [0.25, 0.3) is 11.1 Å². The van der Waals surface area contributed by atoms with E-state index in [9.17, 15) is 5.02 Å². The summed E-state index contributed by atoms with van der Waals surface area (Å²) in [6.45, 7) is 5.58. The van der Waals surface area contributed by atoms with E-state index in [-0.39, 0.29) is 0 Å². The number of ether oxygens (including phenoxy) is 2. The molecule has 0 aliphatic carbocycles. The first-order valence-electron chi connectivity index (χ1n) is 8.77. The summed E-state index contributed by atoms with van der Waals surface area (Å²) in [4.78, 5) is 0. The molecular formula is C21H27BO3. The predicted octanol–water partition coefficient (Wildman–Crippen LogP) is 4.26. The average molecular weight is 338 g/mol. The fraction of sp³-hybridized carbons (Fsp3) is 0.333. The van der Waals surface area contributed by atoms with Gasteiger partial charge in [0.2, 0.25) is 0 Å². The molecule has 0 atom stereocenters. The smallest absolute Gasteiger partial charge is 0.320 e. The van der Waals surface area contributed by atoms with E-state index in [1.165, 1.54) is 16.7 Å². The molecule has 0 fully saturated rings. The SMILES string of the molecule is CC/C(=C(/CC)c1cc(OC)cc(B(C)O)c1)c1ccc(OC)cc1. The zero-order valence-electron chi connectivity index (χ0n) is 15.8. The second-order valence-electron chi connectivity index (χ2n) is 6.06. The molecule has 0 saturated heterocycles. The third-order valence-corrected chi connectivity index (χ3v) is 4.51. The Morgan fingerprint density at radius 2 is 1.40 bits per heavy atom. The van der Waals surface area contributed by atoms with Crippen molar-refractivity contribution in [2.45, 2.75) is 33.5 Å². The van der Waals surface area contributed by atoms with Gasteiger partial charge in [0.15, 0.2) is 0 Å². The van der Waals surface area contributed by atoms with Gasteiger partial charge in [-0.3, -0.25) is 0 Å². The highest BCUT2D eigenvalue weighted by Crippen LogP contribution is 2.33. The molecule has 0 bridgehead atoms. The number of benzene rings is 2. The van der Waals surface area contributed by atoms with E-state index >= 15 is 0 Å². The van der Waals surface area contributed by atoms with E-state index in [4.69, 9.17) is 9.47 Å². The molecule has 25 heavy (non-hydrogen) atoms. The number of allylic oxidation sites excluding steroid dienone is 2. The van der Waals surface area contributed by atoms with Crippen LogP contribution in [0.1, 0.15) is 37.8 Å². The molecule has 0 aliphatic rings. The summed E-state index contributed by atoms with van der Waals surface area (Å²) in [5, 5.41) is 10.0. The summed E-state index contributed by atoms with van der Waals surface area (Å²) < 4.78 is 10.7. The summed E-state index contributed by atoms with van der Waals surface area (Å²) in [7, 11) is 3.33. The second-order valence-corrected chi connectivity index (χ2v) is 6.06. The van der Waals surface area contributed by atoms with Gasteiger partial charge in [-0.05, 0) is 64.8 Å². The first-order chi connectivity index (χ1) is 12.0. The molecule has 3 nitrogen and oxygen atoms in total. The van der Waals surface area contributed by atoms with E-state index < -0.39 is 6.92 Å². The Kier molecular flexibility index (Phi) is 6.71. The van der Waals surface area contributed by atoms with E-state index in [2.05, 4.69) is 32.0 Å². The van der Waals surface area contributed by atoms with Crippen LogP contribution in [-0.4, -0.2) is 26.2 Å². The van der Waals surface area contributed by atoms with Crippen molar-refractivity contribution in [1.82, 2.24) is 0 Å². The van der Waals surface area contributed by atoms with Gasteiger partial charge in [-0.2, -0.15) is 0 Å². The summed E-state index contributed by atoms with van der Waals surface area (Å²) in [6.07, 6.45) is 1.83. The van der Waals surface area contributed by atoms with Crippen LogP contribution in [0.3, 0.4) is 0 Å². The van der Waals surface area contributed by atoms with E-state index in [1.54, 1.807) is 21.0 Å². The second kappa shape index (κ2) is 8.77. The predicted molar refractivity (Wildman–Crippen MR) is 107 cm³/mol. The normalized spacial score (nSPS) is 11.8. The van der Waals surface area contributed by atoms with Gasteiger partial charge >= 0.3 is 6.92 Å². The lowest BCUT2D eigenvalue weighted by atomic mass is 9.64. The van der Waals surface area contributed by atoms with Gasteiger partial charge < -0.3 is 14.5 Å². The zero-order valence-corrected chi connectivity index (χ0v) is 15.8. The molecule has 0 spiro atoms. The van der Waals surface area contributed by atoms with E-state index in [0.29, 0.717) is 0 Å². The van der Waals surface area contributed by atoms with E-state index in [1.807, 2.05) is 24.3 Å². The third-order valence-electron chi connectivity index (χ3n) is 4.51. The van der Waals surface area contributed by atoms with Crippen molar-refractivity contribution in [2.75, 3.05) is 14.2 Å². The fourth-order valence-corrected chi connectivity index (χ4v) is 3.13. The van der Waals surface area contributed by atoms with Gasteiger partial charge in [-0.1, -0.05) is 38.9 Å². The van der Waals surface area contributed by atoms with Crippen LogP contribution in [0, 0.1) is 0 Å². The molecule has 2 aromatic rings. The van der Waals surface area contributed by atoms with Crippen LogP contribution in [0.2, 0.25) is 6.82 Å². The maximum Gasteiger partial charge on any atom is 0.320 e. The lowest BCUT2D eigenvalue weighted by Gasteiger charge is -2.17. The van der Waals surface area contributed by atoms with Crippen molar-refractivity contribution >= 4 is 23.5 Å². The number of methoxy groups -OCH3 is 2. The molecule has 1 N–H and O–H groups in total. The van der Waals surface area contributed by atoms with Crippen LogP contribution in [0.5, 0.6) is 11.5 Å². The molecule has 0 unspecified atom stereocenters. The highest BCUT2D eigenvalue weighted by Gasteiger charge is 2.14. The monoisotopic (exact) mass is 338 g/mol. The van der Waals surface area contributed by atoms with Gasteiger partial charge in [-0.15, -0.1) is 0 Å². The molecule has 2 rings (SSSR count). The minimum Gasteiger partial charge on any atom is -0.497 e. The summed E-state index contributed by atoms with van der Waals surface area (Å²) in [5.74, 6) is 1.62. The molecule has 2 aromatic carbocycles. The molecule has 0 aliphatic heterocycles. The average Bonchev–Trinajstić information content (AvgIpc) is 2.65. The number of rotatable bonds is 7. The molecule has 0 heterocycles. The Morgan fingerprint density at radius 3 is 1.88 bits per heavy atom. The van der Waals surface area contributed by atoms with Crippen LogP contribution in [-0.2, 0) is 0 Å². The van der Waals surface area contributed by atoms with Gasteiger partial charge in [0.1, 0.15) is 11.5 Å². The Bertz CT molecular complexity index is 733. The topological polar surface area (TPSA) is 38.7 Å². The van der Waals surface area contributed by atoms with Crippen LogP contribution in [0.15, 0.2) is 42.5 Å². The Labute approximate surface area is 151 Å². The van der Waals surface area contributed by atoms with Crippen molar-refractivity contribution in [3.05, 3.63) is 53.6 Å². The maximum absolute atomic E-state index is 10.0. The molecule has 0 saturated carbocycles. The molecule has 4 heteroatoms. The zero-order chi connectivity index (χ0) is 18.4. The summed E-state index contributed by atoms with van der Waals surface area (Å²) in [6, 6.07) is 14.2.